The van der Waals surface area contributed by atoms with Crippen LogP contribution in [-0.4, -0.2) is 22.7 Å². The number of nitrogens with one attached hydrogen (secondary N) is 1. The van der Waals surface area contributed by atoms with Crippen LogP contribution in [0.15, 0.2) is 65.1 Å². The Kier molecular flexibility index (Phi) is 5.73. The first-order chi connectivity index (χ1) is 12.5. The van der Waals surface area contributed by atoms with Gasteiger partial charge in [-0.1, -0.05) is 41.9 Å². The third kappa shape index (κ3) is 4.32. The Morgan fingerprint density at radius 3 is 2.62 bits per heavy atom. The Hall–Kier alpha value is -2.60. The average molecular weight is 372 g/mol. The molecule has 0 aliphatic heterocycles. The van der Waals surface area contributed by atoms with Crippen molar-refractivity contribution in [3.8, 4) is 11.3 Å². The molecular formula is C20H18ClNO4. The number of carboxylic acids is 1. The molecule has 0 radical (unpaired) electrons. The van der Waals surface area contributed by atoms with Crippen molar-refractivity contribution in [3.05, 3.63) is 82.6 Å². The van der Waals surface area contributed by atoms with Crippen LogP contribution in [0.25, 0.3) is 11.3 Å². The number of halogens is 1. The van der Waals surface area contributed by atoms with Gasteiger partial charge in [0.1, 0.15) is 11.5 Å². The van der Waals surface area contributed by atoms with Gasteiger partial charge in [0, 0.05) is 12.1 Å². The molecule has 0 unspecified atom stereocenters. The fraction of sp³-hybridized carbons (Fsp3) is 0.150. The van der Waals surface area contributed by atoms with Crippen molar-refractivity contribution in [1.29, 1.82) is 0 Å². The number of hydrogen-bond acceptors (Lipinski definition) is 4. The second-order valence-electron chi connectivity index (χ2n) is 5.82. The van der Waals surface area contributed by atoms with Gasteiger partial charge < -0.3 is 19.9 Å². The molecule has 1 aromatic heterocycles. The smallest absolute Gasteiger partial charge is 0.335 e. The van der Waals surface area contributed by atoms with Crippen molar-refractivity contribution < 1.29 is 19.4 Å². The Morgan fingerprint density at radius 1 is 1.12 bits per heavy atom. The summed E-state index contributed by atoms with van der Waals surface area (Å²) >= 11 is 6.16. The van der Waals surface area contributed by atoms with Crippen LogP contribution in [0.1, 0.15) is 27.8 Å². The Labute approximate surface area is 155 Å². The van der Waals surface area contributed by atoms with Gasteiger partial charge in [-0.3, -0.25) is 0 Å². The minimum atomic E-state index is -1.02. The van der Waals surface area contributed by atoms with E-state index in [1.54, 1.807) is 12.1 Å². The molecule has 6 heteroatoms. The first-order valence-corrected chi connectivity index (χ1v) is 8.48. The molecule has 0 aliphatic rings. The lowest BCUT2D eigenvalue weighted by Gasteiger charge is -2.11. The molecule has 2 aromatic carbocycles. The van der Waals surface area contributed by atoms with Crippen LogP contribution in [0.4, 0.5) is 0 Å². The SMILES string of the molecule is O=C(O)c1ccc(Cl)c(-c2ccc(CNC[C@H](O)c3ccccc3)o2)c1. The predicted molar refractivity (Wildman–Crippen MR) is 99.2 cm³/mol. The first kappa shape index (κ1) is 18.2. The van der Waals surface area contributed by atoms with Crippen molar-refractivity contribution >= 4 is 17.6 Å². The molecule has 3 aromatic rings. The molecule has 1 heterocycles. The van der Waals surface area contributed by atoms with Gasteiger partial charge >= 0.3 is 5.97 Å². The van der Waals surface area contributed by atoms with Crippen molar-refractivity contribution in [2.75, 3.05) is 6.54 Å². The molecule has 0 spiro atoms. The molecule has 0 saturated heterocycles. The van der Waals surface area contributed by atoms with Crippen LogP contribution < -0.4 is 5.32 Å². The Balaban J connectivity index is 1.63. The zero-order chi connectivity index (χ0) is 18.5. The molecule has 0 amide bonds. The van der Waals surface area contributed by atoms with E-state index >= 15 is 0 Å². The van der Waals surface area contributed by atoms with E-state index in [-0.39, 0.29) is 5.56 Å². The van der Waals surface area contributed by atoms with E-state index in [4.69, 9.17) is 21.1 Å². The Bertz CT molecular complexity index is 892. The van der Waals surface area contributed by atoms with Crippen molar-refractivity contribution in [2.24, 2.45) is 0 Å². The number of furan rings is 1. The van der Waals surface area contributed by atoms with Gasteiger partial charge in [-0.15, -0.1) is 0 Å². The number of carboxylic acid groups (broad SMARTS) is 1. The summed E-state index contributed by atoms with van der Waals surface area (Å²) in [5.41, 5.74) is 1.52. The Morgan fingerprint density at radius 2 is 1.88 bits per heavy atom. The van der Waals surface area contributed by atoms with E-state index in [1.807, 2.05) is 30.3 Å². The van der Waals surface area contributed by atoms with Crippen molar-refractivity contribution in [1.82, 2.24) is 5.32 Å². The second kappa shape index (κ2) is 8.19. The first-order valence-electron chi connectivity index (χ1n) is 8.10. The van der Waals surface area contributed by atoms with Crippen LogP contribution in [0.3, 0.4) is 0 Å². The number of aliphatic hydroxyl groups is 1. The maximum absolute atomic E-state index is 11.1. The van der Waals surface area contributed by atoms with E-state index in [9.17, 15) is 9.90 Å². The summed E-state index contributed by atoms with van der Waals surface area (Å²) in [5, 5.41) is 22.8. The molecule has 3 rings (SSSR count). The van der Waals surface area contributed by atoms with Crippen molar-refractivity contribution in [2.45, 2.75) is 12.6 Å². The molecule has 0 fully saturated rings. The average Bonchev–Trinajstić information content (AvgIpc) is 3.11. The number of aromatic carboxylic acids is 1. The zero-order valence-electron chi connectivity index (χ0n) is 13.9. The maximum Gasteiger partial charge on any atom is 0.335 e. The molecule has 3 N–H and O–H groups in total. The number of aliphatic hydroxyl groups excluding tert-OH is 1. The molecule has 0 aliphatic carbocycles. The molecular weight excluding hydrogens is 354 g/mol. The van der Waals surface area contributed by atoms with Crippen LogP contribution in [0.5, 0.6) is 0 Å². The van der Waals surface area contributed by atoms with Crippen LogP contribution in [0.2, 0.25) is 5.02 Å². The van der Waals surface area contributed by atoms with Gasteiger partial charge in [-0.2, -0.15) is 0 Å². The topological polar surface area (TPSA) is 82.7 Å². The van der Waals surface area contributed by atoms with E-state index in [0.29, 0.717) is 35.2 Å². The summed E-state index contributed by atoms with van der Waals surface area (Å²) in [7, 11) is 0. The highest BCUT2D eigenvalue weighted by Gasteiger charge is 2.13. The molecule has 0 bridgehead atoms. The quantitative estimate of drug-likeness (QED) is 0.582. The molecule has 5 nitrogen and oxygen atoms in total. The number of carbonyl (C=O) groups is 1. The second-order valence-corrected chi connectivity index (χ2v) is 6.23. The standard InChI is InChI=1S/C20H18ClNO4/c21-17-8-6-14(20(24)25)10-16(17)19-9-7-15(26-19)11-22-12-18(23)13-4-2-1-3-5-13/h1-10,18,22-23H,11-12H2,(H,24,25)/t18-/m0/s1. The molecule has 26 heavy (non-hydrogen) atoms. The normalized spacial score (nSPS) is 12.1. The lowest BCUT2D eigenvalue weighted by atomic mass is 10.1. The van der Waals surface area contributed by atoms with Crippen LogP contribution >= 0.6 is 11.6 Å². The number of benzene rings is 2. The molecule has 0 saturated carbocycles. The minimum Gasteiger partial charge on any atom is -0.478 e. The highest BCUT2D eigenvalue weighted by atomic mass is 35.5. The van der Waals surface area contributed by atoms with Gasteiger partial charge in [0.15, 0.2) is 0 Å². The van der Waals surface area contributed by atoms with Gasteiger partial charge in [0.25, 0.3) is 0 Å². The number of rotatable bonds is 7. The summed E-state index contributed by atoms with van der Waals surface area (Å²) in [6.07, 6.45) is -0.604. The lowest BCUT2D eigenvalue weighted by Crippen LogP contribution is -2.20. The maximum atomic E-state index is 11.1. The van der Waals surface area contributed by atoms with Crippen LogP contribution in [0, 0.1) is 0 Å². The monoisotopic (exact) mass is 371 g/mol. The highest BCUT2D eigenvalue weighted by molar-refractivity contribution is 6.33. The number of hydrogen-bond donors (Lipinski definition) is 3. The highest BCUT2D eigenvalue weighted by Crippen LogP contribution is 2.30. The summed E-state index contributed by atoms with van der Waals surface area (Å²) in [6, 6.07) is 17.4. The largest absolute Gasteiger partial charge is 0.478 e. The lowest BCUT2D eigenvalue weighted by molar-refractivity contribution is 0.0697. The molecule has 134 valence electrons. The summed E-state index contributed by atoms with van der Waals surface area (Å²) in [5.74, 6) is 0.141. The molecule has 1 atom stereocenters. The fourth-order valence-electron chi connectivity index (χ4n) is 2.59. The van der Waals surface area contributed by atoms with E-state index in [1.165, 1.54) is 18.2 Å². The van der Waals surface area contributed by atoms with Gasteiger partial charge in [0.2, 0.25) is 0 Å². The van der Waals surface area contributed by atoms with Crippen LogP contribution in [-0.2, 0) is 6.54 Å². The fourth-order valence-corrected chi connectivity index (χ4v) is 2.80. The third-order valence-electron chi connectivity index (χ3n) is 3.96. The summed E-state index contributed by atoms with van der Waals surface area (Å²) in [4.78, 5) is 11.1. The zero-order valence-corrected chi connectivity index (χ0v) is 14.6. The summed E-state index contributed by atoms with van der Waals surface area (Å²) in [6.45, 7) is 0.815. The summed E-state index contributed by atoms with van der Waals surface area (Å²) < 4.78 is 5.75. The van der Waals surface area contributed by atoms with Gasteiger partial charge in [0.05, 0.1) is 23.2 Å². The van der Waals surface area contributed by atoms with E-state index in [0.717, 1.165) is 5.56 Å². The third-order valence-corrected chi connectivity index (χ3v) is 4.29. The minimum absolute atomic E-state index is 0.145. The van der Waals surface area contributed by atoms with Gasteiger partial charge in [-0.25, -0.2) is 4.79 Å². The van der Waals surface area contributed by atoms with Gasteiger partial charge in [-0.05, 0) is 35.9 Å². The van der Waals surface area contributed by atoms with E-state index < -0.39 is 12.1 Å². The van der Waals surface area contributed by atoms with Crippen molar-refractivity contribution in [3.63, 3.8) is 0 Å². The predicted octanol–water partition coefficient (Wildman–Crippen LogP) is 4.12. The van der Waals surface area contributed by atoms with E-state index in [2.05, 4.69) is 5.32 Å².